The Morgan fingerprint density at radius 3 is 2.41 bits per heavy atom. The third-order valence-electron chi connectivity index (χ3n) is 3.54. The predicted octanol–water partition coefficient (Wildman–Crippen LogP) is 0.124. The third-order valence-corrected chi connectivity index (χ3v) is 3.54. The first-order valence-corrected chi connectivity index (χ1v) is 6.93. The molecule has 0 aliphatic carbocycles. The Bertz CT molecular complexity index is 538. The van der Waals surface area contributed by atoms with Gasteiger partial charge in [-0.15, -0.1) is 0 Å². The van der Waals surface area contributed by atoms with Gasteiger partial charge in [-0.1, -0.05) is 0 Å². The van der Waals surface area contributed by atoms with E-state index in [1.807, 2.05) is 4.90 Å². The first kappa shape index (κ1) is 16.3. The molecule has 1 aliphatic heterocycles. The molecule has 9 heteroatoms. The molecule has 2 rings (SSSR count). The number of alkyl halides is 2. The van der Waals surface area contributed by atoms with E-state index in [4.69, 9.17) is 0 Å². The van der Waals surface area contributed by atoms with Crippen molar-refractivity contribution in [3.63, 3.8) is 0 Å². The largest absolute Gasteiger partial charge is 0.348 e. The zero-order valence-corrected chi connectivity index (χ0v) is 12.6. The molecule has 0 N–H and O–H groups in total. The highest BCUT2D eigenvalue weighted by molar-refractivity contribution is 5.92. The second-order valence-electron chi connectivity index (χ2n) is 5.32. The Labute approximate surface area is 127 Å². The van der Waals surface area contributed by atoms with E-state index >= 15 is 0 Å². The number of rotatable bonds is 4. The molecule has 0 saturated carbocycles. The molecule has 0 atom stereocenters. The maximum atomic E-state index is 12.5. The molecular formula is C13H19F2N5O2. The SMILES string of the molecule is CN(C)C(=O)CN1CCN(C(=O)c2ccn(C(F)F)n2)CC1. The van der Waals surface area contributed by atoms with Crippen LogP contribution in [0.25, 0.3) is 0 Å². The van der Waals surface area contributed by atoms with Gasteiger partial charge in [0, 0.05) is 46.5 Å². The summed E-state index contributed by atoms with van der Waals surface area (Å²) >= 11 is 0. The summed E-state index contributed by atoms with van der Waals surface area (Å²) in [6.07, 6.45) is 1.09. The molecule has 2 amide bonds. The van der Waals surface area contributed by atoms with Crippen molar-refractivity contribution in [3.05, 3.63) is 18.0 Å². The Morgan fingerprint density at radius 1 is 1.27 bits per heavy atom. The van der Waals surface area contributed by atoms with Gasteiger partial charge in [0.25, 0.3) is 5.91 Å². The Kier molecular flexibility index (Phi) is 5.07. The van der Waals surface area contributed by atoms with Crippen molar-refractivity contribution < 1.29 is 18.4 Å². The van der Waals surface area contributed by atoms with Crippen molar-refractivity contribution in [1.82, 2.24) is 24.5 Å². The van der Waals surface area contributed by atoms with Crippen molar-refractivity contribution in [2.24, 2.45) is 0 Å². The topological polar surface area (TPSA) is 61.7 Å². The Balaban J connectivity index is 1.88. The van der Waals surface area contributed by atoms with Gasteiger partial charge in [0.05, 0.1) is 6.54 Å². The van der Waals surface area contributed by atoms with Gasteiger partial charge in [0.15, 0.2) is 5.69 Å². The summed E-state index contributed by atoms with van der Waals surface area (Å²) in [6.45, 7) is -0.408. The highest BCUT2D eigenvalue weighted by Gasteiger charge is 2.25. The van der Waals surface area contributed by atoms with Crippen LogP contribution in [-0.4, -0.2) is 83.1 Å². The number of nitrogens with zero attached hydrogens (tertiary/aromatic N) is 5. The normalized spacial score (nSPS) is 16.1. The summed E-state index contributed by atoms with van der Waals surface area (Å²) < 4.78 is 25.4. The molecule has 7 nitrogen and oxygen atoms in total. The number of carbonyl (C=O) groups is 2. The number of hydrogen-bond acceptors (Lipinski definition) is 4. The van der Waals surface area contributed by atoms with Gasteiger partial charge in [0.2, 0.25) is 5.91 Å². The number of piperazine rings is 1. The van der Waals surface area contributed by atoms with Crippen LogP contribution < -0.4 is 0 Å². The van der Waals surface area contributed by atoms with E-state index in [2.05, 4.69) is 5.10 Å². The van der Waals surface area contributed by atoms with Crippen LogP contribution in [0.2, 0.25) is 0 Å². The zero-order chi connectivity index (χ0) is 16.3. The lowest BCUT2D eigenvalue weighted by molar-refractivity contribution is -0.130. The summed E-state index contributed by atoms with van der Waals surface area (Å²) in [4.78, 5) is 28.9. The molecule has 0 spiro atoms. The molecule has 0 radical (unpaired) electrons. The van der Waals surface area contributed by atoms with Crippen LogP contribution in [0, 0.1) is 0 Å². The fraction of sp³-hybridized carbons (Fsp3) is 0.615. The number of hydrogen-bond donors (Lipinski definition) is 0. The fourth-order valence-electron chi connectivity index (χ4n) is 2.16. The zero-order valence-electron chi connectivity index (χ0n) is 12.6. The smallest absolute Gasteiger partial charge is 0.333 e. The van der Waals surface area contributed by atoms with Crippen molar-refractivity contribution in [2.75, 3.05) is 46.8 Å². The van der Waals surface area contributed by atoms with Gasteiger partial charge < -0.3 is 9.80 Å². The second kappa shape index (κ2) is 6.82. The van der Waals surface area contributed by atoms with Gasteiger partial charge in [0.1, 0.15) is 0 Å². The number of amides is 2. The minimum atomic E-state index is -2.75. The minimum Gasteiger partial charge on any atom is -0.348 e. The van der Waals surface area contributed by atoms with Crippen molar-refractivity contribution in [1.29, 1.82) is 0 Å². The van der Waals surface area contributed by atoms with Crippen molar-refractivity contribution in [2.45, 2.75) is 6.55 Å². The number of likely N-dealkylation sites (N-methyl/N-ethyl adjacent to an activating group) is 1. The van der Waals surface area contributed by atoms with E-state index in [0.29, 0.717) is 37.4 Å². The van der Waals surface area contributed by atoms with Crippen molar-refractivity contribution in [3.8, 4) is 0 Å². The number of aromatic nitrogens is 2. The van der Waals surface area contributed by atoms with Crippen LogP contribution in [0.5, 0.6) is 0 Å². The van der Waals surface area contributed by atoms with Gasteiger partial charge in [-0.05, 0) is 6.07 Å². The minimum absolute atomic E-state index is 0.00968. The number of halogens is 2. The van der Waals surface area contributed by atoms with Crippen LogP contribution >= 0.6 is 0 Å². The average Bonchev–Trinajstić information content (AvgIpc) is 2.97. The lowest BCUT2D eigenvalue weighted by Crippen LogP contribution is -2.51. The fourth-order valence-corrected chi connectivity index (χ4v) is 2.16. The maximum absolute atomic E-state index is 12.5. The summed E-state index contributed by atoms with van der Waals surface area (Å²) in [6, 6.07) is 1.29. The van der Waals surface area contributed by atoms with E-state index < -0.39 is 6.55 Å². The monoisotopic (exact) mass is 315 g/mol. The molecule has 1 aromatic heterocycles. The lowest BCUT2D eigenvalue weighted by atomic mass is 10.2. The molecule has 0 bridgehead atoms. The van der Waals surface area contributed by atoms with E-state index in [1.54, 1.807) is 19.0 Å². The Hall–Kier alpha value is -2.03. The third kappa shape index (κ3) is 3.79. The van der Waals surface area contributed by atoms with Crippen molar-refractivity contribution >= 4 is 11.8 Å². The summed E-state index contributed by atoms with van der Waals surface area (Å²) in [5.74, 6) is -0.353. The van der Waals surface area contributed by atoms with Gasteiger partial charge in [-0.3, -0.25) is 14.5 Å². The number of carbonyl (C=O) groups excluding carboxylic acids is 2. The molecule has 0 unspecified atom stereocenters. The first-order valence-electron chi connectivity index (χ1n) is 6.93. The van der Waals surface area contributed by atoms with Gasteiger partial charge >= 0.3 is 6.55 Å². The highest BCUT2D eigenvalue weighted by Crippen LogP contribution is 2.11. The molecule has 2 heterocycles. The molecule has 1 aromatic rings. The Morgan fingerprint density at radius 2 is 1.91 bits per heavy atom. The molecule has 122 valence electrons. The molecule has 0 aromatic carbocycles. The van der Waals surface area contributed by atoms with Crippen LogP contribution in [0.1, 0.15) is 17.0 Å². The average molecular weight is 315 g/mol. The molecule has 1 saturated heterocycles. The second-order valence-corrected chi connectivity index (χ2v) is 5.32. The van der Waals surface area contributed by atoms with E-state index in [-0.39, 0.29) is 17.5 Å². The van der Waals surface area contributed by atoms with Crippen LogP contribution in [0.15, 0.2) is 12.3 Å². The predicted molar refractivity (Wildman–Crippen MR) is 74.5 cm³/mol. The van der Waals surface area contributed by atoms with Crippen LogP contribution in [0.4, 0.5) is 8.78 Å². The molecule has 1 fully saturated rings. The molecular weight excluding hydrogens is 296 g/mol. The van der Waals surface area contributed by atoms with E-state index in [9.17, 15) is 18.4 Å². The highest BCUT2D eigenvalue weighted by atomic mass is 19.3. The van der Waals surface area contributed by atoms with E-state index in [0.717, 1.165) is 6.20 Å². The van der Waals surface area contributed by atoms with Gasteiger partial charge in [-0.25, -0.2) is 4.68 Å². The summed E-state index contributed by atoms with van der Waals surface area (Å²) in [7, 11) is 3.39. The molecule has 1 aliphatic rings. The first-order chi connectivity index (χ1) is 10.4. The van der Waals surface area contributed by atoms with Crippen LogP contribution in [0.3, 0.4) is 0 Å². The summed E-state index contributed by atoms with van der Waals surface area (Å²) in [5, 5.41) is 3.58. The lowest BCUT2D eigenvalue weighted by Gasteiger charge is -2.34. The molecule has 22 heavy (non-hydrogen) atoms. The quantitative estimate of drug-likeness (QED) is 0.792. The maximum Gasteiger partial charge on any atom is 0.333 e. The standard InChI is InChI=1S/C13H19F2N5O2/c1-17(2)11(21)9-18-5-7-19(8-6-18)12(22)10-3-4-20(16-10)13(14)15/h3-4,13H,5-9H2,1-2H3. The van der Waals surface area contributed by atoms with Gasteiger partial charge in [-0.2, -0.15) is 13.9 Å². The van der Waals surface area contributed by atoms with E-state index in [1.165, 1.54) is 11.0 Å². The van der Waals surface area contributed by atoms with Crippen LogP contribution in [-0.2, 0) is 4.79 Å². The summed E-state index contributed by atoms with van der Waals surface area (Å²) in [5.41, 5.74) is 0.0121.